The minimum atomic E-state index is -0.983. The lowest BCUT2D eigenvalue weighted by atomic mass is 10.0. The molecule has 2 rings (SSSR count). The average Bonchev–Trinajstić information content (AvgIpc) is 2.61. The van der Waals surface area contributed by atoms with Crippen LogP contribution in [-0.2, 0) is 0 Å². The third kappa shape index (κ3) is 1.37. The molecule has 1 heterocycles. The van der Waals surface area contributed by atoms with Gasteiger partial charge in [-0.3, -0.25) is 0 Å². The van der Waals surface area contributed by atoms with Crippen LogP contribution in [0.1, 0.15) is 21.5 Å². The van der Waals surface area contributed by atoms with Gasteiger partial charge in [-0.2, -0.15) is 5.26 Å². The second-order valence-corrected chi connectivity index (χ2v) is 4.11. The van der Waals surface area contributed by atoms with Gasteiger partial charge in [0.05, 0.1) is 11.1 Å². The van der Waals surface area contributed by atoms with E-state index in [2.05, 4.69) is 6.07 Å². The SMILES string of the molecule is Cc1ccc2scc(C(=O)O)c2c1C#N. The van der Waals surface area contributed by atoms with Crippen LogP contribution in [0.15, 0.2) is 17.5 Å². The molecule has 74 valence electrons. The second-order valence-electron chi connectivity index (χ2n) is 3.20. The fourth-order valence-electron chi connectivity index (χ4n) is 1.54. The highest BCUT2D eigenvalue weighted by molar-refractivity contribution is 7.17. The van der Waals surface area contributed by atoms with Crippen LogP contribution in [0.3, 0.4) is 0 Å². The lowest BCUT2D eigenvalue weighted by molar-refractivity contribution is 0.0699. The first kappa shape index (κ1) is 9.69. The Morgan fingerprint density at radius 2 is 2.27 bits per heavy atom. The number of aryl methyl sites for hydroxylation is 1. The van der Waals surface area contributed by atoms with Gasteiger partial charge < -0.3 is 5.11 Å². The van der Waals surface area contributed by atoms with E-state index in [0.717, 1.165) is 10.3 Å². The standard InChI is InChI=1S/C11H7NO2S/c1-6-2-3-9-10(7(6)4-12)8(5-15-9)11(13)14/h2-3,5H,1H3,(H,13,14). The van der Waals surface area contributed by atoms with Gasteiger partial charge in [0.2, 0.25) is 0 Å². The normalized spacial score (nSPS) is 10.1. The molecule has 0 spiro atoms. The van der Waals surface area contributed by atoms with Crippen LogP contribution in [0, 0.1) is 18.3 Å². The first-order valence-electron chi connectivity index (χ1n) is 4.29. The summed E-state index contributed by atoms with van der Waals surface area (Å²) in [6.07, 6.45) is 0. The number of rotatable bonds is 1. The van der Waals surface area contributed by atoms with Crippen LogP contribution < -0.4 is 0 Å². The number of carboxylic acid groups (broad SMARTS) is 1. The summed E-state index contributed by atoms with van der Waals surface area (Å²) in [5, 5.41) is 20.1. The van der Waals surface area contributed by atoms with Crippen molar-refractivity contribution < 1.29 is 9.90 Å². The van der Waals surface area contributed by atoms with E-state index in [-0.39, 0.29) is 5.56 Å². The van der Waals surface area contributed by atoms with Crippen LogP contribution in [0.4, 0.5) is 0 Å². The smallest absolute Gasteiger partial charge is 0.337 e. The largest absolute Gasteiger partial charge is 0.478 e. The molecule has 0 amide bonds. The quantitative estimate of drug-likeness (QED) is 0.798. The lowest BCUT2D eigenvalue weighted by Gasteiger charge is -1.99. The summed E-state index contributed by atoms with van der Waals surface area (Å²) >= 11 is 1.35. The molecule has 0 aliphatic heterocycles. The van der Waals surface area contributed by atoms with E-state index in [1.54, 1.807) is 12.3 Å². The molecule has 0 radical (unpaired) electrons. The Morgan fingerprint density at radius 3 is 2.87 bits per heavy atom. The van der Waals surface area contributed by atoms with Gasteiger partial charge in [-0.1, -0.05) is 6.07 Å². The first-order valence-corrected chi connectivity index (χ1v) is 5.17. The molecule has 0 aliphatic rings. The van der Waals surface area contributed by atoms with Crippen LogP contribution in [0.5, 0.6) is 0 Å². The number of aromatic carboxylic acids is 1. The Morgan fingerprint density at radius 1 is 1.53 bits per heavy atom. The van der Waals surface area contributed by atoms with Crippen LogP contribution in [0.25, 0.3) is 10.1 Å². The number of nitriles is 1. The number of hydrogen-bond acceptors (Lipinski definition) is 3. The molecule has 1 N–H and O–H groups in total. The van der Waals surface area contributed by atoms with Crippen molar-refractivity contribution in [2.75, 3.05) is 0 Å². The van der Waals surface area contributed by atoms with Gasteiger partial charge in [0, 0.05) is 15.5 Å². The number of carbonyl (C=O) groups is 1. The summed E-state index contributed by atoms with van der Waals surface area (Å²) in [7, 11) is 0. The molecule has 0 atom stereocenters. The lowest BCUT2D eigenvalue weighted by Crippen LogP contribution is -1.96. The highest BCUT2D eigenvalue weighted by Gasteiger charge is 2.15. The summed E-state index contributed by atoms with van der Waals surface area (Å²) in [5.74, 6) is -0.983. The van der Waals surface area contributed by atoms with Crippen LogP contribution in [-0.4, -0.2) is 11.1 Å². The van der Waals surface area contributed by atoms with Crippen molar-refractivity contribution in [2.45, 2.75) is 6.92 Å². The minimum absolute atomic E-state index is 0.218. The molecule has 3 nitrogen and oxygen atoms in total. The van der Waals surface area contributed by atoms with Gasteiger partial charge in [-0.25, -0.2) is 4.79 Å². The maximum absolute atomic E-state index is 11.0. The molecule has 0 bridgehead atoms. The third-order valence-corrected chi connectivity index (χ3v) is 3.24. The van der Waals surface area contributed by atoms with E-state index in [9.17, 15) is 4.79 Å². The second kappa shape index (κ2) is 3.37. The summed E-state index contributed by atoms with van der Waals surface area (Å²) in [4.78, 5) is 11.0. The fraction of sp³-hybridized carbons (Fsp3) is 0.0909. The average molecular weight is 217 g/mol. The zero-order valence-electron chi connectivity index (χ0n) is 7.94. The molecular weight excluding hydrogens is 210 g/mol. The topological polar surface area (TPSA) is 61.1 Å². The molecule has 0 saturated carbocycles. The monoisotopic (exact) mass is 217 g/mol. The van der Waals surface area contributed by atoms with Crippen molar-refractivity contribution in [2.24, 2.45) is 0 Å². The highest BCUT2D eigenvalue weighted by Crippen LogP contribution is 2.30. The molecule has 2 aromatic rings. The summed E-state index contributed by atoms with van der Waals surface area (Å²) < 4.78 is 0.842. The number of hydrogen-bond donors (Lipinski definition) is 1. The summed E-state index contributed by atoms with van der Waals surface area (Å²) in [5.41, 5.74) is 1.49. The van der Waals surface area contributed by atoms with Crippen LogP contribution in [0.2, 0.25) is 0 Å². The molecule has 15 heavy (non-hydrogen) atoms. The molecule has 4 heteroatoms. The number of carboxylic acids is 1. The molecule has 0 unspecified atom stereocenters. The van der Waals surface area contributed by atoms with E-state index in [4.69, 9.17) is 10.4 Å². The molecule has 0 fully saturated rings. The highest BCUT2D eigenvalue weighted by atomic mass is 32.1. The predicted molar refractivity (Wildman–Crippen MR) is 58.2 cm³/mol. The van der Waals surface area contributed by atoms with Gasteiger partial charge in [-0.15, -0.1) is 11.3 Å². The Bertz CT molecular complexity index is 592. The van der Waals surface area contributed by atoms with E-state index in [1.165, 1.54) is 11.3 Å². The Kier molecular flexibility index (Phi) is 2.18. The van der Waals surface area contributed by atoms with Gasteiger partial charge in [0.25, 0.3) is 0 Å². The maximum atomic E-state index is 11.0. The van der Waals surface area contributed by atoms with E-state index in [1.807, 2.05) is 12.1 Å². The van der Waals surface area contributed by atoms with Crippen LogP contribution >= 0.6 is 11.3 Å². The first-order chi connectivity index (χ1) is 7.15. The van der Waals surface area contributed by atoms with Gasteiger partial charge in [0.1, 0.15) is 6.07 Å². The summed E-state index contributed by atoms with van der Waals surface area (Å²) in [6, 6.07) is 5.75. The fourth-order valence-corrected chi connectivity index (χ4v) is 2.48. The number of benzene rings is 1. The maximum Gasteiger partial charge on any atom is 0.337 e. The molecular formula is C11H7NO2S. The zero-order valence-corrected chi connectivity index (χ0v) is 8.76. The van der Waals surface area contributed by atoms with Gasteiger partial charge in [0.15, 0.2) is 0 Å². The Hall–Kier alpha value is -1.86. The molecule has 1 aromatic heterocycles. The van der Waals surface area contributed by atoms with Gasteiger partial charge >= 0.3 is 5.97 Å². The van der Waals surface area contributed by atoms with E-state index >= 15 is 0 Å². The third-order valence-electron chi connectivity index (χ3n) is 2.29. The predicted octanol–water partition coefficient (Wildman–Crippen LogP) is 2.78. The van der Waals surface area contributed by atoms with Crippen molar-refractivity contribution >= 4 is 27.4 Å². The molecule has 0 aliphatic carbocycles. The van der Waals surface area contributed by atoms with Crippen molar-refractivity contribution in [3.8, 4) is 6.07 Å². The van der Waals surface area contributed by atoms with Crippen molar-refractivity contribution in [1.29, 1.82) is 5.26 Å². The Balaban J connectivity index is 2.94. The zero-order chi connectivity index (χ0) is 11.0. The van der Waals surface area contributed by atoms with Crippen molar-refractivity contribution in [3.05, 3.63) is 34.2 Å². The van der Waals surface area contributed by atoms with Gasteiger partial charge in [-0.05, 0) is 18.6 Å². The van der Waals surface area contributed by atoms with Crippen molar-refractivity contribution in [3.63, 3.8) is 0 Å². The number of nitrogens with zero attached hydrogens (tertiary/aromatic N) is 1. The Labute approximate surface area is 90.2 Å². The molecule has 0 saturated heterocycles. The van der Waals surface area contributed by atoms with E-state index < -0.39 is 5.97 Å². The number of fused-ring (bicyclic) bond motifs is 1. The van der Waals surface area contributed by atoms with Crippen molar-refractivity contribution in [1.82, 2.24) is 0 Å². The number of thiophene rings is 1. The summed E-state index contributed by atoms with van der Waals surface area (Å²) in [6.45, 7) is 1.81. The minimum Gasteiger partial charge on any atom is -0.478 e. The molecule has 1 aromatic carbocycles. The van der Waals surface area contributed by atoms with E-state index in [0.29, 0.717) is 10.9 Å².